The zero-order chi connectivity index (χ0) is 19.2. The van der Waals surface area contributed by atoms with Crippen molar-refractivity contribution in [2.45, 2.75) is 65.7 Å². The minimum Gasteiger partial charge on any atom is -0.299 e. The molecular formula is C21H34FN3S. The predicted octanol–water partition coefficient (Wildman–Crippen LogP) is 6.16. The van der Waals surface area contributed by atoms with Gasteiger partial charge < -0.3 is 0 Å². The van der Waals surface area contributed by atoms with Crippen LogP contribution in [-0.2, 0) is 18.7 Å². The monoisotopic (exact) mass is 379 g/mol. The lowest BCUT2D eigenvalue weighted by atomic mass is 9.99. The summed E-state index contributed by atoms with van der Waals surface area (Å²) in [6, 6.07) is 8.58. The molecule has 0 spiro atoms. The van der Waals surface area contributed by atoms with Gasteiger partial charge in [0.15, 0.2) is 0 Å². The molecule has 0 unspecified atom stereocenters. The molecule has 26 heavy (non-hydrogen) atoms. The van der Waals surface area contributed by atoms with E-state index >= 15 is 0 Å². The molecule has 2 heterocycles. The van der Waals surface area contributed by atoms with Crippen LogP contribution >= 0.6 is 12.1 Å². The van der Waals surface area contributed by atoms with E-state index in [2.05, 4.69) is 39.4 Å². The molecule has 5 heteroatoms. The molecule has 0 radical (unpaired) electrons. The molecular weight excluding hydrogens is 345 g/mol. The van der Waals surface area contributed by atoms with E-state index in [0.717, 1.165) is 24.2 Å². The van der Waals surface area contributed by atoms with Crippen LogP contribution in [0.15, 0.2) is 30.5 Å². The van der Waals surface area contributed by atoms with Gasteiger partial charge in [-0.05, 0) is 42.6 Å². The number of rotatable bonds is 6. The number of aromatic nitrogens is 2. The van der Waals surface area contributed by atoms with Crippen LogP contribution in [-0.4, -0.2) is 28.2 Å². The van der Waals surface area contributed by atoms with Crippen LogP contribution in [0.3, 0.4) is 0 Å². The number of hydrogen-bond acceptors (Lipinski definition) is 3. The van der Waals surface area contributed by atoms with Gasteiger partial charge in [-0.15, -0.1) is 0 Å². The van der Waals surface area contributed by atoms with E-state index < -0.39 is 0 Å². The van der Waals surface area contributed by atoms with E-state index in [9.17, 15) is 3.89 Å². The van der Waals surface area contributed by atoms with E-state index in [1.165, 1.54) is 43.5 Å². The molecule has 3 nitrogen and oxygen atoms in total. The van der Waals surface area contributed by atoms with Crippen LogP contribution in [0.5, 0.6) is 0 Å². The minimum atomic E-state index is 0.337. The highest BCUT2D eigenvalue weighted by atomic mass is 32.2. The molecule has 0 atom stereocenters. The zero-order valence-electron chi connectivity index (χ0n) is 16.7. The Labute approximate surface area is 163 Å². The number of hydrogen-bond donors (Lipinski definition) is 1. The molecule has 1 aliphatic heterocycles. The largest absolute Gasteiger partial charge is 0.299 e. The maximum absolute atomic E-state index is 12.5. The quantitative estimate of drug-likeness (QED) is 0.652. The molecule has 146 valence electrons. The van der Waals surface area contributed by atoms with Gasteiger partial charge in [-0.3, -0.25) is 10.00 Å². The average Bonchev–Trinajstić information content (AvgIpc) is 3.14. The predicted molar refractivity (Wildman–Crippen MR) is 112 cm³/mol. The third-order valence-electron chi connectivity index (χ3n) is 4.35. The van der Waals surface area contributed by atoms with Crippen LogP contribution in [0, 0.1) is 0 Å². The molecule has 0 saturated carbocycles. The Morgan fingerprint density at radius 1 is 1.00 bits per heavy atom. The highest BCUT2D eigenvalue weighted by Crippen LogP contribution is 2.21. The molecule has 0 bridgehead atoms. The molecule has 1 aromatic carbocycles. The van der Waals surface area contributed by atoms with Gasteiger partial charge >= 0.3 is 0 Å². The van der Waals surface area contributed by atoms with Gasteiger partial charge in [0.2, 0.25) is 0 Å². The van der Waals surface area contributed by atoms with Crippen LogP contribution < -0.4 is 0 Å². The number of aromatic amines is 1. The first-order chi connectivity index (χ1) is 12.9. The van der Waals surface area contributed by atoms with Gasteiger partial charge in [-0.2, -0.15) is 8.98 Å². The second-order valence-electron chi connectivity index (χ2n) is 5.91. The highest BCUT2D eigenvalue weighted by molar-refractivity contribution is 7.93. The Balaban J connectivity index is 0.000000791. The summed E-state index contributed by atoms with van der Waals surface area (Å²) in [5.41, 5.74) is 4.68. The van der Waals surface area contributed by atoms with Crippen molar-refractivity contribution < 1.29 is 3.89 Å². The van der Waals surface area contributed by atoms with Crippen molar-refractivity contribution in [3.63, 3.8) is 0 Å². The standard InChI is InChI=1S/C17H22FN3S.2C2H6/c18-22-13-17-16(11-19-20-17)10-14-6-2-3-7-15(14)12-21-8-4-1-5-9-21;2*1-2/h2-3,6-7,11H,1,4-5,8-10,12-13H2,(H,19,20);2*1-2H3. The Morgan fingerprint density at radius 2 is 1.65 bits per heavy atom. The van der Waals surface area contributed by atoms with E-state index in [-0.39, 0.29) is 0 Å². The lowest BCUT2D eigenvalue weighted by Gasteiger charge is -2.27. The van der Waals surface area contributed by atoms with Crippen LogP contribution in [0.25, 0.3) is 0 Å². The summed E-state index contributed by atoms with van der Waals surface area (Å²) in [4.78, 5) is 2.54. The van der Waals surface area contributed by atoms with Crippen LogP contribution in [0.2, 0.25) is 0 Å². The van der Waals surface area contributed by atoms with Crippen molar-refractivity contribution in [1.82, 2.24) is 15.1 Å². The highest BCUT2D eigenvalue weighted by Gasteiger charge is 2.14. The molecule has 1 N–H and O–H groups in total. The van der Waals surface area contributed by atoms with E-state index in [0.29, 0.717) is 17.9 Å². The van der Waals surface area contributed by atoms with Crippen LogP contribution in [0.1, 0.15) is 69.3 Å². The van der Waals surface area contributed by atoms with Crippen molar-refractivity contribution >= 4 is 12.1 Å². The molecule has 0 amide bonds. The van der Waals surface area contributed by atoms with Gasteiger partial charge in [0.25, 0.3) is 0 Å². The number of H-pyrrole nitrogens is 1. The SMILES string of the molecule is CC.CC.FSCc1[nH]ncc1Cc1ccccc1CN1CCCCC1. The lowest BCUT2D eigenvalue weighted by molar-refractivity contribution is 0.220. The van der Waals surface area contributed by atoms with Gasteiger partial charge in [0.1, 0.15) is 0 Å². The number of likely N-dealkylation sites (tertiary alicyclic amines) is 1. The normalized spacial score (nSPS) is 14.0. The summed E-state index contributed by atoms with van der Waals surface area (Å²) in [5.74, 6) is 0.337. The summed E-state index contributed by atoms with van der Waals surface area (Å²) < 4.78 is 12.5. The van der Waals surface area contributed by atoms with Crippen molar-refractivity contribution in [3.8, 4) is 0 Å². The first-order valence-electron chi connectivity index (χ1n) is 9.90. The molecule has 0 aliphatic carbocycles. The minimum absolute atomic E-state index is 0.337. The number of benzene rings is 1. The first-order valence-corrected chi connectivity index (χ1v) is 10.8. The molecule has 1 aromatic heterocycles. The molecule has 1 aliphatic rings. The fourth-order valence-corrected chi connectivity index (χ4v) is 3.48. The molecule has 3 rings (SSSR count). The maximum atomic E-state index is 12.5. The topological polar surface area (TPSA) is 31.9 Å². The summed E-state index contributed by atoms with van der Waals surface area (Å²) >= 11 is 0.337. The summed E-state index contributed by atoms with van der Waals surface area (Å²) in [5, 5.41) is 6.97. The van der Waals surface area contributed by atoms with Crippen molar-refractivity contribution in [2.75, 3.05) is 13.1 Å². The Hall–Kier alpha value is -1.33. The third-order valence-corrected chi connectivity index (χ3v) is 4.75. The van der Waals surface area contributed by atoms with E-state index in [4.69, 9.17) is 0 Å². The molecule has 1 saturated heterocycles. The third kappa shape index (κ3) is 7.12. The van der Waals surface area contributed by atoms with Crippen molar-refractivity contribution in [1.29, 1.82) is 0 Å². The second kappa shape index (κ2) is 13.8. The fourth-order valence-electron chi connectivity index (χ4n) is 3.12. The summed E-state index contributed by atoms with van der Waals surface area (Å²) in [7, 11) is 0. The first kappa shape index (κ1) is 22.7. The maximum Gasteiger partial charge on any atom is 0.0672 e. The van der Waals surface area contributed by atoms with Gasteiger partial charge in [0, 0.05) is 13.0 Å². The van der Waals surface area contributed by atoms with Crippen LogP contribution in [0.4, 0.5) is 3.89 Å². The fraction of sp³-hybridized carbons (Fsp3) is 0.571. The van der Waals surface area contributed by atoms with E-state index in [1.807, 2.05) is 33.9 Å². The smallest absolute Gasteiger partial charge is 0.0672 e. The van der Waals surface area contributed by atoms with Gasteiger partial charge in [-0.1, -0.05) is 58.4 Å². The van der Waals surface area contributed by atoms with Crippen molar-refractivity contribution in [3.05, 3.63) is 52.8 Å². The number of nitrogens with zero attached hydrogens (tertiary/aromatic N) is 2. The van der Waals surface area contributed by atoms with Crippen molar-refractivity contribution in [2.24, 2.45) is 0 Å². The summed E-state index contributed by atoms with van der Waals surface area (Å²) in [6.45, 7) is 11.4. The molecule has 1 fully saturated rings. The Bertz CT molecular complexity index is 594. The second-order valence-corrected chi connectivity index (χ2v) is 6.42. The zero-order valence-corrected chi connectivity index (χ0v) is 17.5. The Kier molecular flexibility index (Phi) is 12.1. The average molecular weight is 380 g/mol. The lowest BCUT2D eigenvalue weighted by Crippen LogP contribution is -2.29. The van der Waals surface area contributed by atoms with E-state index in [1.54, 1.807) is 0 Å². The molecule has 2 aromatic rings. The Morgan fingerprint density at radius 3 is 2.31 bits per heavy atom. The number of halogens is 1. The van der Waals surface area contributed by atoms with Gasteiger partial charge in [0.05, 0.1) is 29.8 Å². The van der Waals surface area contributed by atoms with Gasteiger partial charge in [-0.25, -0.2) is 0 Å². The number of nitrogens with one attached hydrogen (secondary N) is 1. The number of piperidine rings is 1. The summed E-state index contributed by atoms with van der Waals surface area (Å²) in [6.07, 6.45) is 6.61.